The van der Waals surface area contributed by atoms with Gasteiger partial charge in [0.25, 0.3) is 5.91 Å². The number of ether oxygens (including phenoxy) is 2. The van der Waals surface area contributed by atoms with Crippen molar-refractivity contribution in [2.45, 2.75) is 39.3 Å². The maximum absolute atomic E-state index is 12.3. The number of hydrogen-bond acceptors (Lipinski definition) is 5. The smallest absolute Gasteiger partial charge is 0.411 e. The van der Waals surface area contributed by atoms with Gasteiger partial charge in [0, 0.05) is 0 Å². The Morgan fingerprint density at radius 2 is 1.94 bits per heavy atom. The molecule has 166 valence electrons. The molecule has 0 spiro atoms. The number of carbonyl (C=O) groups excluding carboxylic acids is 1. The van der Waals surface area contributed by atoms with Gasteiger partial charge in [-0.1, -0.05) is 26.0 Å². The van der Waals surface area contributed by atoms with Crippen LogP contribution in [-0.4, -0.2) is 28.5 Å². The zero-order chi connectivity index (χ0) is 22.4. The number of anilines is 1. The molecule has 1 N–H and O–H groups in total. The van der Waals surface area contributed by atoms with Gasteiger partial charge < -0.3 is 19.2 Å². The molecule has 2 heterocycles. The molecule has 1 amide bonds. The van der Waals surface area contributed by atoms with E-state index < -0.39 is 25.4 Å². The Hall–Kier alpha value is -3.27. The number of amides is 1. The number of benzene rings is 1. The van der Waals surface area contributed by atoms with E-state index in [0.29, 0.717) is 23.1 Å². The van der Waals surface area contributed by atoms with Crippen LogP contribution in [-0.2, 0) is 18.1 Å². The Morgan fingerprint density at radius 3 is 2.61 bits per heavy atom. The Labute approximate surface area is 176 Å². The fraction of sp³-hybridized carbons (Fsp3) is 0.333. The predicted molar refractivity (Wildman–Crippen MR) is 106 cm³/mol. The van der Waals surface area contributed by atoms with Crippen LogP contribution in [0.2, 0.25) is 0 Å². The topological polar surface area (TPSA) is 78.5 Å². The predicted octanol–water partition coefficient (Wildman–Crippen LogP) is 4.97. The average molecular weight is 437 g/mol. The summed E-state index contributed by atoms with van der Waals surface area (Å²) in [6.07, 6.45) is -1.77. The number of aromatic nitrogens is 2. The maximum atomic E-state index is 12.3. The molecule has 0 saturated carbocycles. The largest absolute Gasteiger partial charge is 0.486 e. The Bertz CT molecular complexity index is 994. The monoisotopic (exact) mass is 437 g/mol. The molecule has 1 aromatic carbocycles. The van der Waals surface area contributed by atoms with Crippen LogP contribution in [0.3, 0.4) is 0 Å². The molecule has 0 saturated heterocycles. The number of alkyl halides is 3. The molecule has 0 unspecified atom stereocenters. The van der Waals surface area contributed by atoms with E-state index in [9.17, 15) is 18.0 Å². The first-order valence-electron chi connectivity index (χ1n) is 9.49. The Morgan fingerprint density at radius 1 is 1.19 bits per heavy atom. The van der Waals surface area contributed by atoms with Crippen LogP contribution in [0.5, 0.6) is 5.75 Å². The van der Waals surface area contributed by atoms with Gasteiger partial charge in [0.05, 0.1) is 18.1 Å². The normalized spacial score (nSPS) is 11.7. The molecule has 0 radical (unpaired) electrons. The quantitative estimate of drug-likeness (QED) is 0.512. The van der Waals surface area contributed by atoms with E-state index in [1.54, 1.807) is 6.07 Å². The summed E-state index contributed by atoms with van der Waals surface area (Å²) in [7, 11) is 0. The van der Waals surface area contributed by atoms with Gasteiger partial charge in [-0.05, 0) is 35.7 Å². The zero-order valence-electron chi connectivity index (χ0n) is 17.0. The molecule has 0 bridgehead atoms. The summed E-state index contributed by atoms with van der Waals surface area (Å²) in [4.78, 5) is 12.3. The minimum Gasteiger partial charge on any atom is -0.486 e. The molecule has 10 heteroatoms. The van der Waals surface area contributed by atoms with Crippen molar-refractivity contribution in [3.63, 3.8) is 0 Å². The molecule has 0 atom stereocenters. The van der Waals surface area contributed by atoms with Gasteiger partial charge in [0.15, 0.2) is 5.76 Å². The zero-order valence-corrected chi connectivity index (χ0v) is 17.0. The third-order valence-corrected chi connectivity index (χ3v) is 4.19. The van der Waals surface area contributed by atoms with E-state index in [4.69, 9.17) is 9.15 Å². The highest BCUT2D eigenvalue weighted by atomic mass is 19.4. The molecule has 3 rings (SSSR count). The number of carbonyl (C=O) groups is 1. The Balaban J connectivity index is 1.49. The van der Waals surface area contributed by atoms with E-state index in [1.807, 2.05) is 24.3 Å². The van der Waals surface area contributed by atoms with Crippen molar-refractivity contribution in [1.82, 2.24) is 9.78 Å². The second-order valence-electron chi connectivity index (χ2n) is 7.09. The van der Waals surface area contributed by atoms with Gasteiger partial charge in [-0.3, -0.25) is 4.79 Å². The van der Waals surface area contributed by atoms with E-state index in [2.05, 4.69) is 29.0 Å². The molecule has 0 aliphatic heterocycles. The summed E-state index contributed by atoms with van der Waals surface area (Å²) in [6.45, 7) is 2.60. The summed E-state index contributed by atoms with van der Waals surface area (Å²) >= 11 is 0. The summed E-state index contributed by atoms with van der Waals surface area (Å²) < 4.78 is 53.1. The molecule has 0 aliphatic carbocycles. The lowest BCUT2D eigenvalue weighted by atomic mass is 10.0. The van der Waals surface area contributed by atoms with Crippen molar-refractivity contribution in [3.8, 4) is 5.75 Å². The lowest BCUT2D eigenvalue weighted by molar-refractivity contribution is -0.182. The van der Waals surface area contributed by atoms with Crippen LogP contribution in [0.1, 0.15) is 41.6 Å². The van der Waals surface area contributed by atoms with E-state index >= 15 is 0 Å². The van der Waals surface area contributed by atoms with Gasteiger partial charge in [-0.25, -0.2) is 4.68 Å². The van der Waals surface area contributed by atoms with Gasteiger partial charge in [-0.15, -0.1) is 0 Å². The highest BCUT2D eigenvalue weighted by Crippen LogP contribution is 2.20. The van der Waals surface area contributed by atoms with Crippen LogP contribution in [0.15, 0.2) is 53.2 Å². The number of nitrogens with zero attached hydrogens (tertiary/aromatic N) is 2. The van der Waals surface area contributed by atoms with Crippen molar-refractivity contribution in [2.24, 2.45) is 0 Å². The molecule has 7 nitrogen and oxygen atoms in total. The molecule has 0 aliphatic rings. The molecule has 3 aromatic rings. The minimum atomic E-state index is -4.41. The first-order chi connectivity index (χ1) is 14.7. The first-order valence-corrected chi connectivity index (χ1v) is 9.49. The van der Waals surface area contributed by atoms with Crippen molar-refractivity contribution >= 4 is 11.6 Å². The molecule has 2 aromatic heterocycles. The van der Waals surface area contributed by atoms with Crippen molar-refractivity contribution in [1.29, 1.82) is 0 Å². The van der Waals surface area contributed by atoms with E-state index in [0.717, 1.165) is 4.68 Å². The summed E-state index contributed by atoms with van der Waals surface area (Å²) in [5.74, 6) is 1.12. The fourth-order valence-electron chi connectivity index (χ4n) is 2.63. The van der Waals surface area contributed by atoms with Crippen LogP contribution in [0.25, 0.3) is 0 Å². The number of hydrogen-bond donors (Lipinski definition) is 1. The van der Waals surface area contributed by atoms with Crippen LogP contribution < -0.4 is 10.1 Å². The highest BCUT2D eigenvalue weighted by Gasteiger charge is 2.27. The number of rotatable bonds is 9. The lowest BCUT2D eigenvalue weighted by Gasteiger charge is -2.08. The van der Waals surface area contributed by atoms with Crippen molar-refractivity contribution < 1.29 is 31.9 Å². The van der Waals surface area contributed by atoms with E-state index in [1.165, 1.54) is 24.0 Å². The first kappa shape index (κ1) is 22.4. The van der Waals surface area contributed by atoms with Crippen LogP contribution in [0.4, 0.5) is 18.9 Å². The third-order valence-electron chi connectivity index (χ3n) is 4.19. The van der Waals surface area contributed by atoms with Gasteiger partial charge in [0.1, 0.15) is 31.5 Å². The molecule has 31 heavy (non-hydrogen) atoms. The number of nitrogens with one attached hydrogen (secondary N) is 1. The number of furan rings is 1. The summed E-state index contributed by atoms with van der Waals surface area (Å²) in [5, 5.41) is 6.38. The summed E-state index contributed by atoms with van der Waals surface area (Å²) in [5.41, 5.74) is 1.50. The van der Waals surface area contributed by atoms with Crippen molar-refractivity contribution in [3.05, 3.63) is 65.9 Å². The summed E-state index contributed by atoms with van der Waals surface area (Å²) in [6, 6.07) is 10.9. The SMILES string of the molecule is CC(C)c1ccc(OCc2ccc(C(=O)Nc3cnn(COCC(F)(F)F)c3)o2)cc1. The fourth-order valence-corrected chi connectivity index (χ4v) is 2.63. The van der Waals surface area contributed by atoms with Gasteiger partial charge >= 0.3 is 6.18 Å². The average Bonchev–Trinajstić information content (AvgIpc) is 3.35. The minimum absolute atomic E-state index is 0.0647. The highest BCUT2D eigenvalue weighted by molar-refractivity contribution is 6.02. The molecular weight excluding hydrogens is 415 g/mol. The molecule has 0 fully saturated rings. The third kappa shape index (κ3) is 6.88. The van der Waals surface area contributed by atoms with Crippen LogP contribution >= 0.6 is 0 Å². The van der Waals surface area contributed by atoms with E-state index in [-0.39, 0.29) is 12.4 Å². The van der Waals surface area contributed by atoms with Crippen LogP contribution in [0, 0.1) is 0 Å². The standard InChI is InChI=1S/C21H22F3N3O4/c1-14(2)15-3-5-17(6-4-15)30-11-18-7-8-19(31-18)20(28)26-16-9-25-27(10-16)13-29-12-21(22,23)24/h3-10,14H,11-13H2,1-2H3,(H,26,28). The maximum Gasteiger partial charge on any atom is 0.411 e. The Kier molecular flexibility index (Phi) is 7.01. The van der Waals surface area contributed by atoms with Gasteiger partial charge in [0.2, 0.25) is 0 Å². The van der Waals surface area contributed by atoms with Gasteiger partial charge in [-0.2, -0.15) is 18.3 Å². The number of halogens is 3. The second kappa shape index (κ2) is 9.69. The second-order valence-corrected chi connectivity index (χ2v) is 7.09. The molecular formula is C21H22F3N3O4. The van der Waals surface area contributed by atoms with Crippen molar-refractivity contribution in [2.75, 3.05) is 11.9 Å². The lowest BCUT2D eigenvalue weighted by Crippen LogP contribution is -2.18.